The molecular weight excluding hydrogens is 376 g/mol. The van der Waals surface area contributed by atoms with Crippen LogP contribution in [-0.2, 0) is 0 Å². The molecule has 4 nitrogen and oxygen atoms in total. The second-order valence-corrected chi connectivity index (χ2v) is 7.64. The van der Waals surface area contributed by atoms with Crippen LogP contribution < -0.4 is 10.6 Å². The summed E-state index contributed by atoms with van der Waals surface area (Å²) in [5.41, 5.74) is 6.47. The molecule has 0 saturated heterocycles. The van der Waals surface area contributed by atoms with Crippen LogP contribution >= 0.6 is 12.2 Å². The Morgan fingerprint density at radius 1 is 0.759 bits per heavy atom. The predicted molar refractivity (Wildman–Crippen MR) is 123 cm³/mol. The van der Waals surface area contributed by atoms with E-state index in [9.17, 15) is 0 Å². The van der Waals surface area contributed by atoms with Gasteiger partial charge in [-0.2, -0.15) is 0 Å². The summed E-state index contributed by atoms with van der Waals surface area (Å²) in [5.74, 6) is 0. The van der Waals surface area contributed by atoms with E-state index in [4.69, 9.17) is 22.2 Å². The van der Waals surface area contributed by atoms with Crippen LogP contribution in [0.3, 0.4) is 0 Å². The molecule has 142 valence electrons. The maximum Gasteiger partial charge on any atom is 0.170 e. The highest BCUT2D eigenvalue weighted by Crippen LogP contribution is 2.31. The average molecular weight is 397 g/mol. The summed E-state index contributed by atoms with van der Waals surface area (Å²) < 4.78 is 0. The third-order valence-electron chi connectivity index (χ3n) is 4.93. The molecule has 1 aliphatic carbocycles. The van der Waals surface area contributed by atoms with Crippen molar-refractivity contribution in [1.29, 1.82) is 0 Å². The van der Waals surface area contributed by atoms with Gasteiger partial charge in [0.15, 0.2) is 5.11 Å². The Morgan fingerprint density at radius 3 is 1.93 bits per heavy atom. The molecule has 0 amide bonds. The number of thiocarbonyl (C=S) groups is 1. The summed E-state index contributed by atoms with van der Waals surface area (Å²) in [6, 6.07) is 26.9. The van der Waals surface area contributed by atoms with E-state index >= 15 is 0 Å². The molecule has 0 unspecified atom stereocenters. The lowest BCUT2D eigenvalue weighted by molar-refractivity contribution is 0.919. The van der Waals surface area contributed by atoms with Crippen LogP contribution in [0.4, 0.5) is 5.69 Å². The van der Waals surface area contributed by atoms with Gasteiger partial charge >= 0.3 is 0 Å². The van der Waals surface area contributed by atoms with Crippen molar-refractivity contribution in [3.8, 4) is 22.5 Å². The second kappa shape index (κ2) is 7.60. The molecule has 0 bridgehead atoms. The second-order valence-electron chi connectivity index (χ2n) is 7.23. The van der Waals surface area contributed by atoms with Gasteiger partial charge in [-0.15, -0.1) is 0 Å². The van der Waals surface area contributed by atoms with E-state index in [1.165, 1.54) is 12.8 Å². The lowest BCUT2D eigenvalue weighted by Gasteiger charge is -2.13. The fraction of sp³-hybridized carbons (Fsp3) is 0.125. The molecule has 2 N–H and O–H groups in total. The van der Waals surface area contributed by atoms with Crippen LogP contribution in [0.15, 0.2) is 78.9 Å². The molecule has 0 atom stereocenters. The molecule has 1 aliphatic rings. The molecule has 1 aromatic heterocycles. The summed E-state index contributed by atoms with van der Waals surface area (Å²) in [7, 11) is 0. The molecule has 5 rings (SSSR count). The van der Waals surface area contributed by atoms with Gasteiger partial charge in [-0.3, -0.25) is 0 Å². The van der Waals surface area contributed by atoms with Crippen molar-refractivity contribution in [2.75, 3.05) is 5.32 Å². The van der Waals surface area contributed by atoms with Crippen molar-refractivity contribution >= 4 is 34.1 Å². The molecule has 0 radical (unpaired) electrons. The normalized spacial score (nSPS) is 13.2. The molecule has 1 heterocycles. The highest BCUT2D eigenvalue weighted by atomic mass is 32.1. The molecule has 5 heteroatoms. The predicted octanol–water partition coefficient (Wildman–Crippen LogP) is 5.41. The number of aromatic nitrogens is 2. The van der Waals surface area contributed by atoms with E-state index in [0.29, 0.717) is 11.2 Å². The third-order valence-corrected chi connectivity index (χ3v) is 5.15. The standard InChI is InChI=1S/C24H20N4S/c29-24(25-18-11-12-18)26-19-13-14-20-21(15-19)28-23(17-9-5-2-6-10-17)22(27-20)16-7-3-1-4-8-16/h1-10,13-15,18H,11-12H2,(H2,25,26,29). The average Bonchev–Trinajstić information content (AvgIpc) is 3.58. The number of hydrogen-bond acceptors (Lipinski definition) is 3. The SMILES string of the molecule is S=C(Nc1ccc2nc(-c3ccccc3)c(-c3ccccc3)nc2c1)NC1CC1. The summed E-state index contributed by atoms with van der Waals surface area (Å²) in [4.78, 5) is 9.96. The maximum atomic E-state index is 5.40. The highest BCUT2D eigenvalue weighted by Gasteiger charge is 2.21. The van der Waals surface area contributed by atoms with Crippen molar-refractivity contribution in [3.05, 3.63) is 78.9 Å². The Labute approximate surface area is 175 Å². The van der Waals surface area contributed by atoms with E-state index in [1.54, 1.807) is 0 Å². The third kappa shape index (κ3) is 3.96. The lowest BCUT2D eigenvalue weighted by atomic mass is 10.0. The van der Waals surface area contributed by atoms with Crippen molar-refractivity contribution < 1.29 is 0 Å². The highest BCUT2D eigenvalue weighted by molar-refractivity contribution is 7.80. The van der Waals surface area contributed by atoms with E-state index in [-0.39, 0.29) is 0 Å². The quantitative estimate of drug-likeness (QED) is 0.452. The monoisotopic (exact) mass is 396 g/mol. The summed E-state index contributed by atoms with van der Waals surface area (Å²) in [6.07, 6.45) is 2.38. The molecular formula is C24H20N4S. The smallest absolute Gasteiger partial charge is 0.170 e. The number of anilines is 1. The van der Waals surface area contributed by atoms with Gasteiger partial charge in [0.25, 0.3) is 0 Å². The first kappa shape index (κ1) is 17.8. The molecule has 1 saturated carbocycles. The maximum absolute atomic E-state index is 5.40. The molecule has 0 spiro atoms. The number of rotatable bonds is 4. The summed E-state index contributed by atoms with van der Waals surface area (Å²) in [5, 5.41) is 7.22. The number of fused-ring (bicyclic) bond motifs is 1. The van der Waals surface area contributed by atoms with E-state index in [1.807, 2.05) is 54.6 Å². The van der Waals surface area contributed by atoms with Crippen molar-refractivity contribution in [2.45, 2.75) is 18.9 Å². The number of hydrogen-bond donors (Lipinski definition) is 2. The van der Waals surface area contributed by atoms with Crippen LogP contribution in [0.5, 0.6) is 0 Å². The van der Waals surface area contributed by atoms with E-state index in [0.717, 1.165) is 39.2 Å². The Kier molecular flexibility index (Phi) is 4.66. The van der Waals surface area contributed by atoms with Crippen molar-refractivity contribution in [2.24, 2.45) is 0 Å². The van der Waals surface area contributed by atoms with Crippen LogP contribution in [-0.4, -0.2) is 21.1 Å². The minimum Gasteiger partial charge on any atom is -0.360 e. The van der Waals surface area contributed by atoms with Crippen molar-refractivity contribution in [1.82, 2.24) is 15.3 Å². The van der Waals surface area contributed by atoms with Gasteiger partial charge in [0, 0.05) is 22.9 Å². The van der Waals surface area contributed by atoms with Crippen molar-refractivity contribution in [3.63, 3.8) is 0 Å². The van der Waals surface area contributed by atoms with Crippen LogP contribution in [0.1, 0.15) is 12.8 Å². The van der Waals surface area contributed by atoms with Crippen LogP contribution in [0, 0.1) is 0 Å². The zero-order valence-electron chi connectivity index (χ0n) is 15.8. The Morgan fingerprint density at radius 2 is 1.34 bits per heavy atom. The van der Waals surface area contributed by atoms with E-state index < -0.39 is 0 Å². The minimum absolute atomic E-state index is 0.522. The lowest BCUT2D eigenvalue weighted by Crippen LogP contribution is -2.30. The van der Waals surface area contributed by atoms with Crippen LogP contribution in [0.25, 0.3) is 33.5 Å². The number of nitrogens with zero attached hydrogens (tertiary/aromatic N) is 2. The van der Waals surface area contributed by atoms with Gasteiger partial charge < -0.3 is 10.6 Å². The first-order valence-corrected chi connectivity index (χ1v) is 10.2. The first-order valence-electron chi connectivity index (χ1n) is 9.76. The zero-order chi connectivity index (χ0) is 19.6. The van der Waals surface area contributed by atoms with E-state index in [2.05, 4.69) is 34.9 Å². The number of benzene rings is 3. The summed E-state index contributed by atoms with van der Waals surface area (Å²) in [6.45, 7) is 0. The topological polar surface area (TPSA) is 49.8 Å². The van der Waals surface area contributed by atoms with Crippen LogP contribution in [0.2, 0.25) is 0 Å². The molecule has 4 aromatic rings. The zero-order valence-corrected chi connectivity index (χ0v) is 16.6. The Hall–Kier alpha value is -3.31. The van der Waals surface area contributed by atoms with Gasteiger partial charge in [0.1, 0.15) is 0 Å². The van der Waals surface area contributed by atoms with Gasteiger partial charge in [-0.25, -0.2) is 9.97 Å². The van der Waals surface area contributed by atoms with Gasteiger partial charge in [-0.05, 0) is 43.3 Å². The fourth-order valence-electron chi connectivity index (χ4n) is 3.31. The Balaban J connectivity index is 1.59. The molecule has 29 heavy (non-hydrogen) atoms. The summed E-state index contributed by atoms with van der Waals surface area (Å²) >= 11 is 5.40. The molecule has 1 fully saturated rings. The fourth-order valence-corrected chi connectivity index (χ4v) is 3.59. The minimum atomic E-state index is 0.522. The Bertz CT molecular complexity index is 1170. The van der Waals surface area contributed by atoms with Gasteiger partial charge in [0.2, 0.25) is 0 Å². The van der Waals surface area contributed by atoms with Gasteiger partial charge in [-0.1, -0.05) is 60.7 Å². The largest absolute Gasteiger partial charge is 0.360 e. The van der Waals surface area contributed by atoms with Gasteiger partial charge in [0.05, 0.1) is 22.4 Å². The molecule has 0 aliphatic heterocycles. The first-order chi connectivity index (χ1) is 14.3. The molecule has 3 aromatic carbocycles. The number of nitrogens with one attached hydrogen (secondary N) is 2.